The van der Waals surface area contributed by atoms with Crippen LogP contribution in [0.4, 0.5) is 0 Å². The summed E-state index contributed by atoms with van der Waals surface area (Å²) >= 11 is 0. The van der Waals surface area contributed by atoms with Crippen LogP contribution in [-0.2, 0) is 6.54 Å². The van der Waals surface area contributed by atoms with E-state index in [2.05, 4.69) is 65.2 Å². The molecule has 172 valence electrons. The van der Waals surface area contributed by atoms with Crippen molar-refractivity contribution in [3.05, 3.63) is 101 Å². The smallest absolute Gasteiger partial charge is 0.170 e. The fourth-order valence-corrected chi connectivity index (χ4v) is 4.79. The van der Waals surface area contributed by atoms with Crippen molar-refractivity contribution in [2.24, 2.45) is 10.9 Å². The van der Waals surface area contributed by atoms with Gasteiger partial charge in [0.2, 0.25) is 0 Å². The maximum absolute atomic E-state index is 10.2. The molecule has 0 saturated carbocycles. The van der Waals surface area contributed by atoms with Crippen LogP contribution in [0.3, 0.4) is 0 Å². The highest BCUT2D eigenvalue weighted by Crippen LogP contribution is 2.35. The molecule has 4 rings (SSSR count). The Morgan fingerprint density at radius 2 is 1.67 bits per heavy atom. The van der Waals surface area contributed by atoms with E-state index in [4.69, 9.17) is 10.9 Å². The fraction of sp³-hybridized carbons (Fsp3) is 0.296. The molecule has 0 unspecified atom stereocenters. The highest BCUT2D eigenvalue weighted by molar-refractivity contribution is 5.97. The van der Waals surface area contributed by atoms with Gasteiger partial charge in [0.25, 0.3) is 0 Å². The van der Waals surface area contributed by atoms with Crippen LogP contribution < -0.4 is 5.73 Å². The van der Waals surface area contributed by atoms with Gasteiger partial charge in [-0.2, -0.15) is 0 Å². The Morgan fingerprint density at radius 1 is 0.939 bits per heavy atom. The molecule has 0 radical (unpaired) electrons. The first kappa shape index (κ1) is 22.8. The predicted octanol–water partition coefficient (Wildman–Crippen LogP) is 4.17. The molecule has 1 heterocycles. The molecule has 1 aliphatic heterocycles. The molecule has 0 spiro atoms. The maximum Gasteiger partial charge on any atom is 0.170 e. The van der Waals surface area contributed by atoms with E-state index in [9.17, 15) is 5.11 Å². The molecule has 3 aromatic rings. The van der Waals surface area contributed by atoms with Crippen molar-refractivity contribution >= 4 is 5.84 Å². The topological polar surface area (TPSA) is 85.3 Å². The minimum Gasteiger partial charge on any atom is -0.508 e. The molecule has 1 fully saturated rings. The lowest BCUT2D eigenvalue weighted by atomic mass is 9.92. The molecule has 3 aromatic carbocycles. The lowest BCUT2D eigenvalue weighted by molar-refractivity contribution is 0.0195. The standard InChI is InChI=1S/C27H32N4O2/c1-19-17-31(20(2)16-30(19)18-21-7-4-3-5-8-21)26(24-9-6-10-25(32)15-24)22-11-13-23(14-12-22)27(28)29-33/h3-15,19-20,26,32-33H,16-18H2,1-2H3,(H2,28,29)/t19-,20+,26-/m1/s1. The van der Waals surface area contributed by atoms with Crippen molar-refractivity contribution in [1.82, 2.24) is 9.80 Å². The molecule has 6 heteroatoms. The number of hydrogen-bond donors (Lipinski definition) is 3. The third kappa shape index (κ3) is 5.18. The van der Waals surface area contributed by atoms with Gasteiger partial charge < -0.3 is 16.0 Å². The lowest BCUT2D eigenvalue weighted by Crippen LogP contribution is -2.56. The van der Waals surface area contributed by atoms with Gasteiger partial charge in [-0.05, 0) is 42.7 Å². The minimum absolute atomic E-state index is 0.0187. The van der Waals surface area contributed by atoms with E-state index < -0.39 is 0 Å². The number of aromatic hydroxyl groups is 1. The summed E-state index contributed by atoms with van der Waals surface area (Å²) in [5.74, 6) is 0.348. The van der Waals surface area contributed by atoms with Crippen LogP contribution in [0.5, 0.6) is 5.75 Å². The molecule has 0 amide bonds. The number of benzene rings is 3. The Labute approximate surface area is 195 Å². The molecule has 6 nitrogen and oxygen atoms in total. The van der Waals surface area contributed by atoms with Crippen molar-refractivity contribution in [3.63, 3.8) is 0 Å². The second-order valence-electron chi connectivity index (χ2n) is 8.91. The highest BCUT2D eigenvalue weighted by atomic mass is 16.4. The van der Waals surface area contributed by atoms with E-state index in [1.807, 2.05) is 36.4 Å². The number of phenolic OH excluding ortho intramolecular Hbond substituents is 1. The minimum atomic E-state index is -0.0187. The summed E-state index contributed by atoms with van der Waals surface area (Å²) in [5, 5.41) is 22.3. The van der Waals surface area contributed by atoms with E-state index >= 15 is 0 Å². The van der Waals surface area contributed by atoms with E-state index in [0.717, 1.165) is 30.8 Å². The van der Waals surface area contributed by atoms with Gasteiger partial charge in [0.15, 0.2) is 5.84 Å². The first-order valence-corrected chi connectivity index (χ1v) is 11.4. The van der Waals surface area contributed by atoms with Gasteiger partial charge in [-0.3, -0.25) is 9.80 Å². The molecule has 3 atom stereocenters. The summed E-state index contributed by atoms with van der Waals surface area (Å²) in [6.45, 7) is 7.34. The summed E-state index contributed by atoms with van der Waals surface area (Å²) in [6, 6.07) is 26.6. The van der Waals surface area contributed by atoms with E-state index in [1.54, 1.807) is 6.07 Å². The van der Waals surface area contributed by atoms with Gasteiger partial charge in [-0.25, -0.2) is 0 Å². The number of hydrogen-bond acceptors (Lipinski definition) is 5. The van der Waals surface area contributed by atoms with Gasteiger partial charge >= 0.3 is 0 Å². The number of oxime groups is 1. The number of nitrogens with two attached hydrogens (primary N) is 1. The second kappa shape index (κ2) is 10.1. The second-order valence-corrected chi connectivity index (χ2v) is 8.91. The molecule has 1 saturated heterocycles. The Morgan fingerprint density at radius 3 is 2.33 bits per heavy atom. The average molecular weight is 445 g/mol. The van der Waals surface area contributed by atoms with Crippen LogP contribution in [0.2, 0.25) is 0 Å². The zero-order chi connectivity index (χ0) is 23.4. The first-order valence-electron chi connectivity index (χ1n) is 11.4. The van der Waals surface area contributed by atoms with Crippen molar-refractivity contribution in [2.75, 3.05) is 13.1 Å². The molecular weight excluding hydrogens is 412 g/mol. The summed E-state index contributed by atoms with van der Waals surface area (Å²) < 4.78 is 0. The Kier molecular flexibility index (Phi) is 6.96. The highest BCUT2D eigenvalue weighted by Gasteiger charge is 2.34. The normalized spacial score (nSPS) is 21.1. The van der Waals surface area contributed by atoms with Gasteiger partial charge in [0, 0.05) is 37.3 Å². The molecule has 4 N–H and O–H groups in total. The zero-order valence-corrected chi connectivity index (χ0v) is 19.2. The van der Waals surface area contributed by atoms with E-state index in [1.165, 1.54) is 5.56 Å². The van der Waals surface area contributed by atoms with Crippen LogP contribution in [0.1, 0.15) is 42.1 Å². The molecular formula is C27H32N4O2. The van der Waals surface area contributed by atoms with Gasteiger partial charge in [0.05, 0.1) is 6.04 Å². The quantitative estimate of drug-likeness (QED) is 0.230. The Balaban J connectivity index is 1.63. The summed E-state index contributed by atoms with van der Waals surface area (Å²) in [7, 11) is 0. The SMILES string of the molecule is C[C@@H]1CN([C@H](c2ccc(/C(N)=N/O)cc2)c2cccc(O)c2)[C@@H](C)CN1Cc1ccccc1. The van der Waals surface area contributed by atoms with Crippen LogP contribution in [0.15, 0.2) is 84.0 Å². The van der Waals surface area contributed by atoms with Gasteiger partial charge in [-0.15, -0.1) is 0 Å². The van der Waals surface area contributed by atoms with Gasteiger partial charge in [0.1, 0.15) is 5.75 Å². The van der Waals surface area contributed by atoms with Crippen LogP contribution >= 0.6 is 0 Å². The molecule has 33 heavy (non-hydrogen) atoms. The number of phenols is 1. The summed E-state index contributed by atoms with van der Waals surface area (Å²) in [6.07, 6.45) is 0. The zero-order valence-electron chi connectivity index (χ0n) is 19.2. The monoisotopic (exact) mass is 444 g/mol. The fourth-order valence-electron chi connectivity index (χ4n) is 4.79. The first-order chi connectivity index (χ1) is 16.0. The van der Waals surface area contributed by atoms with Crippen LogP contribution in [0.25, 0.3) is 0 Å². The van der Waals surface area contributed by atoms with E-state index in [0.29, 0.717) is 17.6 Å². The molecule has 0 aliphatic carbocycles. The van der Waals surface area contributed by atoms with Crippen molar-refractivity contribution < 1.29 is 10.3 Å². The van der Waals surface area contributed by atoms with Gasteiger partial charge in [-0.1, -0.05) is 71.9 Å². The number of amidine groups is 1. The van der Waals surface area contributed by atoms with E-state index in [-0.39, 0.29) is 17.6 Å². The lowest BCUT2D eigenvalue weighted by Gasteiger charge is -2.47. The molecule has 1 aliphatic rings. The van der Waals surface area contributed by atoms with Crippen LogP contribution in [-0.4, -0.2) is 51.1 Å². The third-order valence-electron chi connectivity index (χ3n) is 6.54. The molecule has 0 aromatic heterocycles. The summed E-state index contributed by atoms with van der Waals surface area (Å²) in [4.78, 5) is 5.05. The largest absolute Gasteiger partial charge is 0.508 e. The number of nitrogens with zero attached hydrogens (tertiary/aromatic N) is 3. The Bertz CT molecular complexity index is 1080. The number of rotatable bonds is 6. The average Bonchev–Trinajstić information content (AvgIpc) is 2.83. The van der Waals surface area contributed by atoms with Crippen molar-refractivity contribution in [1.29, 1.82) is 0 Å². The third-order valence-corrected chi connectivity index (χ3v) is 6.54. The summed E-state index contributed by atoms with van der Waals surface area (Å²) in [5.41, 5.74) is 9.91. The predicted molar refractivity (Wildman–Crippen MR) is 131 cm³/mol. The van der Waals surface area contributed by atoms with Crippen molar-refractivity contribution in [3.8, 4) is 5.75 Å². The number of piperazine rings is 1. The Hall–Kier alpha value is -3.35. The molecule has 0 bridgehead atoms. The van der Waals surface area contributed by atoms with Crippen molar-refractivity contribution in [2.45, 2.75) is 38.5 Å². The maximum atomic E-state index is 10.2. The van der Waals surface area contributed by atoms with Crippen LogP contribution in [0, 0.1) is 0 Å².